The molecular formula is C23H27Cl3N2O2S. The maximum absolute atomic E-state index is 13.2. The van der Waals surface area contributed by atoms with Crippen molar-refractivity contribution in [1.82, 2.24) is 10.2 Å². The van der Waals surface area contributed by atoms with E-state index in [1.807, 2.05) is 39.0 Å². The monoisotopic (exact) mass is 500 g/mol. The number of rotatable bonds is 10. The quantitative estimate of drug-likeness (QED) is 0.380. The minimum atomic E-state index is -0.582. The van der Waals surface area contributed by atoms with Crippen LogP contribution in [-0.2, 0) is 16.1 Å². The second-order valence-electron chi connectivity index (χ2n) is 7.25. The number of benzene rings is 2. The van der Waals surface area contributed by atoms with Gasteiger partial charge in [0.25, 0.3) is 0 Å². The van der Waals surface area contributed by atoms with E-state index in [0.717, 1.165) is 16.9 Å². The van der Waals surface area contributed by atoms with Crippen LogP contribution in [0.2, 0.25) is 15.1 Å². The van der Waals surface area contributed by atoms with Crippen molar-refractivity contribution >= 4 is 58.4 Å². The van der Waals surface area contributed by atoms with Crippen molar-refractivity contribution < 1.29 is 9.59 Å². The zero-order chi connectivity index (χ0) is 23.0. The Labute approximate surface area is 203 Å². The van der Waals surface area contributed by atoms with Crippen LogP contribution < -0.4 is 5.32 Å². The summed E-state index contributed by atoms with van der Waals surface area (Å²) >= 11 is 19.5. The molecule has 0 aliphatic carbocycles. The fraction of sp³-hybridized carbons (Fsp3) is 0.391. The van der Waals surface area contributed by atoms with E-state index in [-0.39, 0.29) is 30.2 Å². The van der Waals surface area contributed by atoms with Crippen LogP contribution in [0.3, 0.4) is 0 Å². The molecule has 0 aliphatic heterocycles. The van der Waals surface area contributed by atoms with Gasteiger partial charge in [0.2, 0.25) is 11.8 Å². The molecule has 8 heteroatoms. The van der Waals surface area contributed by atoms with E-state index in [0.29, 0.717) is 21.5 Å². The predicted octanol–water partition coefficient (Wildman–Crippen LogP) is 6.46. The highest BCUT2D eigenvalue weighted by Gasteiger charge is 2.29. The first kappa shape index (κ1) is 25.9. The minimum Gasteiger partial charge on any atom is -0.352 e. The molecule has 0 fully saturated rings. The summed E-state index contributed by atoms with van der Waals surface area (Å²) < 4.78 is 0. The highest BCUT2D eigenvalue weighted by Crippen LogP contribution is 2.25. The highest BCUT2D eigenvalue weighted by molar-refractivity contribution is 8.00. The lowest BCUT2D eigenvalue weighted by atomic mass is 10.1. The number of thioether (sulfide) groups is 1. The van der Waals surface area contributed by atoms with Crippen LogP contribution in [0.4, 0.5) is 0 Å². The number of hydrogen-bond donors (Lipinski definition) is 1. The lowest BCUT2D eigenvalue weighted by Gasteiger charge is -2.31. The van der Waals surface area contributed by atoms with Gasteiger partial charge in [-0.2, -0.15) is 0 Å². The molecule has 2 atom stereocenters. The zero-order valence-corrected chi connectivity index (χ0v) is 20.9. The lowest BCUT2D eigenvalue weighted by molar-refractivity contribution is -0.139. The Morgan fingerprint density at radius 3 is 2.26 bits per heavy atom. The van der Waals surface area contributed by atoms with Crippen LogP contribution in [-0.4, -0.2) is 34.6 Å². The average Bonchev–Trinajstić information content (AvgIpc) is 2.75. The molecule has 0 aromatic heterocycles. The lowest BCUT2D eigenvalue weighted by Crippen LogP contribution is -2.51. The molecule has 0 saturated carbocycles. The van der Waals surface area contributed by atoms with Crippen LogP contribution in [0.1, 0.15) is 39.2 Å². The Morgan fingerprint density at radius 2 is 1.68 bits per heavy atom. The molecule has 2 aromatic carbocycles. The summed E-state index contributed by atoms with van der Waals surface area (Å²) in [7, 11) is 0. The molecule has 0 aliphatic rings. The molecule has 0 radical (unpaired) electrons. The van der Waals surface area contributed by atoms with Gasteiger partial charge in [0.1, 0.15) is 6.04 Å². The molecule has 168 valence electrons. The molecule has 0 saturated heterocycles. The predicted molar refractivity (Wildman–Crippen MR) is 131 cm³/mol. The molecule has 2 amide bonds. The van der Waals surface area contributed by atoms with Crippen molar-refractivity contribution in [1.29, 1.82) is 0 Å². The number of nitrogens with one attached hydrogen (secondary N) is 1. The maximum Gasteiger partial charge on any atom is 0.243 e. The van der Waals surface area contributed by atoms with Gasteiger partial charge in [-0.1, -0.05) is 54.7 Å². The smallest absolute Gasteiger partial charge is 0.243 e. The summed E-state index contributed by atoms with van der Waals surface area (Å²) in [5.41, 5.74) is 0.814. The normalized spacial score (nSPS) is 12.8. The number of amides is 2. The topological polar surface area (TPSA) is 49.4 Å². The van der Waals surface area contributed by atoms with Crippen molar-refractivity contribution in [3.63, 3.8) is 0 Å². The summed E-state index contributed by atoms with van der Waals surface area (Å²) in [5, 5.41) is 4.51. The van der Waals surface area contributed by atoms with Gasteiger partial charge in [-0.3, -0.25) is 9.59 Å². The second kappa shape index (κ2) is 12.6. The molecule has 2 aromatic rings. The number of halogens is 3. The Kier molecular flexibility index (Phi) is 10.5. The molecule has 0 heterocycles. The third-order valence-electron chi connectivity index (χ3n) is 4.90. The van der Waals surface area contributed by atoms with Gasteiger partial charge < -0.3 is 10.2 Å². The summed E-state index contributed by atoms with van der Waals surface area (Å²) in [6.07, 6.45) is 1.32. The SMILES string of the molecule is CCC(C)NC(=O)C(CC)N(Cc1ccc(Cl)c(Cl)c1)C(=O)CSc1ccc(Cl)cc1. The molecule has 2 rings (SSSR count). The third kappa shape index (κ3) is 7.90. The van der Waals surface area contributed by atoms with E-state index < -0.39 is 6.04 Å². The Hall–Kier alpha value is -1.40. The van der Waals surface area contributed by atoms with E-state index >= 15 is 0 Å². The van der Waals surface area contributed by atoms with Crippen molar-refractivity contribution in [2.24, 2.45) is 0 Å². The van der Waals surface area contributed by atoms with Crippen LogP contribution in [0, 0.1) is 0 Å². The van der Waals surface area contributed by atoms with Gasteiger partial charge >= 0.3 is 0 Å². The fourth-order valence-electron chi connectivity index (χ4n) is 2.95. The summed E-state index contributed by atoms with van der Waals surface area (Å²) in [6, 6.07) is 12.0. The van der Waals surface area contributed by atoms with E-state index in [2.05, 4.69) is 5.32 Å². The second-order valence-corrected chi connectivity index (χ2v) is 9.55. The standard InChI is InChI=1S/C23H27Cl3N2O2S/c1-4-15(3)27-23(30)21(5-2)28(13-16-6-11-19(25)20(26)12-16)22(29)14-31-18-9-7-17(24)8-10-18/h6-12,15,21H,4-5,13-14H2,1-3H3,(H,27,30). The van der Waals surface area contributed by atoms with Crippen LogP contribution in [0.25, 0.3) is 0 Å². The first-order valence-electron chi connectivity index (χ1n) is 10.2. The van der Waals surface area contributed by atoms with Crippen molar-refractivity contribution in [2.45, 2.75) is 57.1 Å². The summed E-state index contributed by atoms with van der Waals surface area (Å²) in [5.74, 6) is -0.0743. The molecule has 4 nitrogen and oxygen atoms in total. The summed E-state index contributed by atoms with van der Waals surface area (Å²) in [4.78, 5) is 28.7. The molecule has 0 bridgehead atoms. The van der Waals surface area contributed by atoms with E-state index in [9.17, 15) is 9.59 Å². The Balaban J connectivity index is 2.23. The number of carbonyl (C=O) groups excluding carboxylic acids is 2. The molecule has 2 unspecified atom stereocenters. The third-order valence-corrected chi connectivity index (χ3v) is 6.89. The summed E-state index contributed by atoms with van der Waals surface area (Å²) in [6.45, 7) is 6.13. The Morgan fingerprint density at radius 1 is 1.00 bits per heavy atom. The largest absolute Gasteiger partial charge is 0.352 e. The Bertz CT molecular complexity index is 893. The molecular weight excluding hydrogens is 475 g/mol. The molecule has 31 heavy (non-hydrogen) atoms. The van der Waals surface area contributed by atoms with Gasteiger partial charge in [0.15, 0.2) is 0 Å². The van der Waals surface area contributed by atoms with Gasteiger partial charge in [-0.25, -0.2) is 0 Å². The number of hydrogen-bond acceptors (Lipinski definition) is 3. The van der Waals surface area contributed by atoms with Gasteiger partial charge in [-0.15, -0.1) is 11.8 Å². The van der Waals surface area contributed by atoms with Crippen molar-refractivity contribution in [3.05, 3.63) is 63.1 Å². The van der Waals surface area contributed by atoms with Gasteiger partial charge in [0, 0.05) is 22.5 Å². The van der Waals surface area contributed by atoms with E-state index in [1.165, 1.54) is 11.8 Å². The first-order valence-corrected chi connectivity index (χ1v) is 12.3. The zero-order valence-electron chi connectivity index (χ0n) is 17.8. The average molecular weight is 502 g/mol. The van der Waals surface area contributed by atoms with Crippen molar-refractivity contribution in [3.8, 4) is 0 Å². The fourth-order valence-corrected chi connectivity index (χ4v) is 4.19. The van der Waals surface area contributed by atoms with Gasteiger partial charge in [-0.05, 0) is 61.7 Å². The van der Waals surface area contributed by atoms with E-state index in [4.69, 9.17) is 34.8 Å². The van der Waals surface area contributed by atoms with E-state index in [1.54, 1.807) is 29.2 Å². The highest BCUT2D eigenvalue weighted by atomic mass is 35.5. The minimum absolute atomic E-state index is 0.0342. The number of nitrogens with zero attached hydrogens (tertiary/aromatic N) is 1. The first-order chi connectivity index (χ1) is 14.7. The maximum atomic E-state index is 13.2. The van der Waals surface area contributed by atoms with Crippen molar-refractivity contribution in [2.75, 3.05) is 5.75 Å². The van der Waals surface area contributed by atoms with Crippen LogP contribution in [0.15, 0.2) is 47.4 Å². The van der Waals surface area contributed by atoms with Gasteiger partial charge in [0.05, 0.1) is 15.8 Å². The van der Waals surface area contributed by atoms with Crippen LogP contribution in [0.5, 0.6) is 0 Å². The number of carbonyl (C=O) groups is 2. The molecule has 0 spiro atoms. The molecule has 1 N–H and O–H groups in total. The van der Waals surface area contributed by atoms with Crippen LogP contribution >= 0.6 is 46.6 Å².